The van der Waals surface area contributed by atoms with Crippen molar-refractivity contribution < 1.29 is 24.2 Å². The number of rotatable bonds is 6. The van der Waals surface area contributed by atoms with Crippen molar-refractivity contribution in [1.82, 2.24) is 5.32 Å². The number of aliphatic carboxylic acids is 1. The van der Waals surface area contributed by atoms with Gasteiger partial charge in [-0.2, -0.15) is 0 Å². The van der Waals surface area contributed by atoms with Gasteiger partial charge in [-0.15, -0.1) is 0 Å². The number of nitrogens with two attached hydrogens (primary N) is 1. The first-order valence-corrected chi connectivity index (χ1v) is 3.39. The van der Waals surface area contributed by atoms with E-state index in [9.17, 15) is 14.4 Å². The van der Waals surface area contributed by atoms with Crippen molar-refractivity contribution in [3.05, 3.63) is 0 Å². The molecule has 0 aromatic carbocycles. The molecule has 1 amide bonds. The Hall–Kier alpha value is -1.63. The van der Waals surface area contributed by atoms with Crippen molar-refractivity contribution in [2.75, 3.05) is 19.7 Å². The lowest BCUT2D eigenvalue weighted by Gasteiger charge is -2.01. The summed E-state index contributed by atoms with van der Waals surface area (Å²) in [5.41, 5.74) is 4.69. The molecule has 0 unspecified atom stereocenters. The van der Waals surface area contributed by atoms with Gasteiger partial charge in [-0.1, -0.05) is 0 Å². The molecule has 0 atom stereocenters. The average Bonchev–Trinajstić information content (AvgIpc) is 2.00. The number of carbonyl (C=O) groups is 3. The van der Waals surface area contributed by atoms with E-state index in [1.165, 1.54) is 0 Å². The summed E-state index contributed by atoms with van der Waals surface area (Å²) in [5.74, 6) is -2.56. The highest BCUT2D eigenvalue weighted by Crippen LogP contribution is 1.75. The summed E-state index contributed by atoms with van der Waals surface area (Å²) >= 11 is 0. The van der Waals surface area contributed by atoms with Gasteiger partial charge in [-0.05, 0) is 0 Å². The van der Waals surface area contributed by atoms with Crippen LogP contribution < -0.4 is 11.1 Å². The standard InChI is InChI=1S/C6H10N2O5/c7-4(9)3-13-6(12)2-8-1-5(10)11/h8H,1-3H2,(H2,7,9)(H,10,11). The largest absolute Gasteiger partial charge is 0.480 e. The van der Waals surface area contributed by atoms with Crippen LogP contribution in [0.5, 0.6) is 0 Å². The van der Waals surface area contributed by atoms with Gasteiger partial charge in [0.2, 0.25) is 0 Å². The second kappa shape index (κ2) is 5.95. The summed E-state index contributed by atoms with van der Waals surface area (Å²) in [7, 11) is 0. The Bertz CT molecular complexity index is 215. The Morgan fingerprint density at radius 1 is 1.31 bits per heavy atom. The molecule has 0 radical (unpaired) electrons. The number of carboxylic acids is 1. The van der Waals surface area contributed by atoms with Crippen LogP contribution in [0.4, 0.5) is 0 Å². The summed E-state index contributed by atoms with van der Waals surface area (Å²) in [4.78, 5) is 30.7. The molecule has 74 valence electrons. The summed E-state index contributed by atoms with van der Waals surface area (Å²) in [6, 6.07) is 0. The lowest BCUT2D eigenvalue weighted by Crippen LogP contribution is -2.31. The maximum absolute atomic E-state index is 10.6. The first kappa shape index (κ1) is 11.4. The third kappa shape index (κ3) is 8.27. The molecule has 0 aliphatic heterocycles. The molecular formula is C6H10N2O5. The van der Waals surface area contributed by atoms with Gasteiger partial charge < -0.3 is 15.6 Å². The molecule has 7 heteroatoms. The van der Waals surface area contributed by atoms with Crippen LogP contribution in [0.1, 0.15) is 0 Å². The van der Waals surface area contributed by atoms with Crippen molar-refractivity contribution in [3.63, 3.8) is 0 Å². The number of carbonyl (C=O) groups excluding carboxylic acids is 2. The molecule has 0 saturated heterocycles. The fourth-order valence-corrected chi connectivity index (χ4v) is 0.474. The van der Waals surface area contributed by atoms with Gasteiger partial charge in [-0.3, -0.25) is 19.7 Å². The van der Waals surface area contributed by atoms with E-state index in [1.54, 1.807) is 0 Å². The summed E-state index contributed by atoms with van der Waals surface area (Å²) in [6.45, 7) is -1.10. The number of hydrogen-bond donors (Lipinski definition) is 3. The molecule has 13 heavy (non-hydrogen) atoms. The molecule has 0 saturated carbocycles. The number of ether oxygens (including phenoxy) is 1. The van der Waals surface area contributed by atoms with Crippen molar-refractivity contribution >= 4 is 17.8 Å². The third-order valence-electron chi connectivity index (χ3n) is 0.921. The van der Waals surface area contributed by atoms with Gasteiger partial charge >= 0.3 is 11.9 Å². The highest BCUT2D eigenvalue weighted by molar-refractivity contribution is 5.80. The molecule has 0 aromatic heterocycles. The smallest absolute Gasteiger partial charge is 0.320 e. The fourth-order valence-electron chi connectivity index (χ4n) is 0.474. The van der Waals surface area contributed by atoms with E-state index >= 15 is 0 Å². The van der Waals surface area contributed by atoms with Gasteiger partial charge in [0.1, 0.15) is 0 Å². The second-order valence-electron chi connectivity index (χ2n) is 2.12. The Morgan fingerprint density at radius 3 is 2.38 bits per heavy atom. The van der Waals surface area contributed by atoms with Gasteiger partial charge in [0.05, 0.1) is 13.1 Å². The summed E-state index contributed by atoms with van der Waals surface area (Å²) in [6.07, 6.45) is 0. The molecule has 0 aromatic rings. The zero-order valence-corrected chi connectivity index (χ0v) is 6.78. The minimum Gasteiger partial charge on any atom is -0.480 e. The quantitative estimate of drug-likeness (QED) is 0.405. The normalized spacial score (nSPS) is 9.23. The molecule has 0 bridgehead atoms. The molecular weight excluding hydrogens is 180 g/mol. The monoisotopic (exact) mass is 190 g/mol. The minimum absolute atomic E-state index is 0.264. The first-order chi connectivity index (χ1) is 6.02. The average molecular weight is 190 g/mol. The van der Waals surface area contributed by atoms with Crippen molar-refractivity contribution in [3.8, 4) is 0 Å². The summed E-state index contributed by atoms with van der Waals surface area (Å²) in [5, 5.41) is 10.4. The number of carboxylic acid groups (broad SMARTS) is 1. The maximum atomic E-state index is 10.6. The Kier molecular flexibility index (Phi) is 5.20. The zero-order valence-electron chi connectivity index (χ0n) is 6.78. The molecule has 0 fully saturated rings. The molecule has 0 heterocycles. The highest BCUT2D eigenvalue weighted by atomic mass is 16.5. The van der Waals surface area contributed by atoms with Crippen LogP contribution >= 0.6 is 0 Å². The van der Waals surface area contributed by atoms with Gasteiger partial charge in [0.15, 0.2) is 6.61 Å². The Balaban J connectivity index is 3.41. The number of esters is 1. The van der Waals surface area contributed by atoms with E-state index < -0.39 is 24.5 Å². The Labute approximate surface area is 73.8 Å². The minimum atomic E-state index is -1.08. The molecule has 0 aliphatic rings. The van der Waals surface area contributed by atoms with Crippen LogP contribution in [0.15, 0.2) is 0 Å². The second-order valence-corrected chi connectivity index (χ2v) is 2.12. The van der Waals surface area contributed by atoms with E-state index in [-0.39, 0.29) is 13.1 Å². The van der Waals surface area contributed by atoms with E-state index in [0.717, 1.165) is 0 Å². The van der Waals surface area contributed by atoms with E-state index in [2.05, 4.69) is 15.8 Å². The molecule has 0 rings (SSSR count). The lowest BCUT2D eigenvalue weighted by atomic mass is 10.6. The molecule has 0 aliphatic carbocycles. The predicted molar refractivity (Wildman–Crippen MR) is 40.7 cm³/mol. The molecule has 0 spiro atoms. The lowest BCUT2D eigenvalue weighted by molar-refractivity contribution is -0.147. The van der Waals surface area contributed by atoms with Gasteiger partial charge in [0.25, 0.3) is 5.91 Å². The maximum Gasteiger partial charge on any atom is 0.320 e. The van der Waals surface area contributed by atoms with Crippen LogP contribution in [0.2, 0.25) is 0 Å². The topological polar surface area (TPSA) is 119 Å². The van der Waals surface area contributed by atoms with Crippen molar-refractivity contribution in [2.45, 2.75) is 0 Å². The predicted octanol–water partition coefficient (Wildman–Crippen LogP) is -2.31. The SMILES string of the molecule is NC(=O)COC(=O)CNCC(=O)O. The summed E-state index contributed by atoms with van der Waals surface area (Å²) < 4.78 is 4.32. The number of amides is 1. The molecule has 7 nitrogen and oxygen atoms in total. The number of primary amides is 1. The molecule has 4 N–H and O–H groups in total. The van der Waals surface area contributed by atoms with Crippen molar-refractivity contribution in [1.29, 1.82) is 0 Å². The third-order valence-corrected chi connectivity index (χ3v) is 0.921. The zero-order chi connectivity index (χ0) is 10.3. The fraction of sp³-hybridized carbons (Fsp3) is 0.500. The van der Waals surface area contributed by atoms with E-state index in [1.807, 2.05) is 0 Å². The highest BCUT2D eigenvalue weighted by Gasteiger charge is 2.04. The van der Waals surface area contributed by atoms with E-state index in [4.69, 9.17) is 5.11 Å². The first-order valence-electron chi connectivity index (χ1n) is 3.39. The van der Waals surface area contributed by atoms with Crippen molar-refractivity contribution in [2.24, 2.45) is 5.73 Å². The van der Waals surface area contributed by atoms with Crippen LogP contribution in [0.25, 0.3) is 0 Å². The van der Waals surface area contributed by atoms with Gasteiger partial charge in [0, 0.05) is 0 Å². The van der Waals surface area contributed by atoms with Gasteiger partial charge in [-0.25, -0.2) is 0 Å². The van der Waals surface area contributed by atoms with E-state index in [0.29, 0.717) is 0 Å². The van der Waals surface area contributed by atoms with Crippen LogP contribution in [-0.4, -0.2) is 42.6 Å². The Morgan fingerprint density at radius 2 is 1.92 bits per heavy atom. The number of hydrogen-bond acceptors (Lipinski definition) is 5. The van der Waals surface area contributed by atoms with Crippen LogP contribution in [-0.2, 0) is 19.1 Å². The number of nitrogens with one attached hydrogen (secondary N) is 1. The van der Waals surface area contributed by atoms with Crippen LogP contribution in [0, 0.1) is 0 Å². The van der Waals surface area contributed by atoms with Crippen LogP contribution in [0.3, 0.4) is 0 Å².